The Balaban J connectivity index is 0. The molecule has 0 saturated heterocycles. The number of aliphatic hydroxyl groups is 1. The van der Waals surface area contributed by atoms with Crippen molar-refractivity contribution in [1.82, 2.24) is 0 Å². The normalized spacial score (nSPS) is 7.71. The Morgan fingerprint density at radius 1 is 1.29 bits per heavy atom. The molecule has 2 heteroatoms. The van der Waals surface area contributed by atoms with E-state index in [-0.39, 0.29) is 37.3 Å². The Hall–Kier alpha value is 1.21. The van der Waals surface area contributed by atoms with Gasteiger partial charge >= 0.3 is 0 Å². The number of rotatable bonds is 3. The molecule has 1 N–H and O–H groups in total. The van der Waals surface area contributed by atoms with Crippen LogP contribution in [0.2, 0.25) is 0 Å². The Morgan fingerprint density at radius 3 is 2.00 bits per heavy atom. The molecule has 50 valence electrons. The molecule has 0 atom stereocenters. The molecule has 0 fully saturated rings. The fourth-order valence-electron chi connectivity index (χ4n) is 0.362. The first-order valence-corrected chi connectivity index (χ1v) is 2.52. The third-order valence-corrected chi connectivity index (χ3v) is 0.762. The second kappa shape index (κ2) is 10.2. The average molecular weight is 255 g/mol. The van der Waals surface area contributed by atoms with Gasteiger partial charge in [0.25, 0.3) is 0 Å². The van der Waals surface area contributed by atoms with Crippen molar-refractivity contribution < 1.29 is 42.4 Å². The van der Waals surface area contributed by atoms with E-state index in [1.807, 2.05) is 0 Å². The van der Waals surface area contributed by atoms with E-state index in [1.54, 1.807) is 0 Å². The number of hydrogen-bond acceptors (Lipinski definition) is 1. The molecule has 0 unspecified atom stereocenters. The molecule has 0 aliphatic heterocycles. The van der Waals surface area contributed by atoms with E-state index in [9.17, 15) is 0 Å². The SMILES string of the molecule is CCCCCO.[Er]. The standard InChI is InChI=1S/C5H12O.Er/c1-2-3-4-5-6;/h6H,2-5H2,1H3;. The van der Waals surface area contributed by atoms with E-state index in [4.69, 9.17) is 5.11 Å². The minimum atomic E-state index is 0. The summed E-state index contributed by atoms with van der Waals surface area (Å²) in [6, 6.07) is 0. The third kappa shape index (κ3) is 11.0. The molecule has 0 aliphatic carbocycles. The second-order valence-corrected chi connectivity index (χ2v) is 1.43. The summed E-state index contributed by atoms with van der Waals surface area (Å²) in [5.74, 6) is 0. The molecule has 0 heterocycles. The molecule has 7 heavy (non-hydrogen) atoms. The van der Waals surface area contributed by atoms with E-state index in [0.717, 1.165) is 12.8 Å². The molecule has 0 radical (unpaired) electrons. The van der Waals surface area contributed by atoms with Crippen LogP contribution in [-0.2, 0) is 0 Å². The van der Waals surface area contributed by atoms with Crippen molar-refractivity contribution >= 4 is 0 Å². The molecule has 0 aliphatic rings. The van der Waals surface area contributed by atoms with Crippen LogP contribution in [0.15, 0.2) is 0 Å². The van der Waals surface area contributed by atoms with Crippen molar-refractivity contribution in [3.8, 4) is 0 Å². The summed E-state index contributed by atoms with van der Waals surface area (Å²) < 4.78 is 0. The van der Waals surface area contributed by atoms with Gasteiger partial charge in [-0.15, -0.1) is 0 Å². The van der Waals surface area contributed by atoms with Gasteiger partial charge in [-0.3, -0.25) is 0 Å². The van der Waals surface area contributed by atoms with Crippen LogP contribution in [0.4, 0.5) is 0 Å². The summed E-state index contributed by atoms with van der Waals surface area (Å²) in [6.07, 6.45) is 3.33. The van der Waals surface area contributed by atoms with Crippen molar-refractivity contribution in [3.63, 3.8) is 0 Å². The van der Waals surface area contributed by atoms with Gasteiger partial charge in [-0.2, -0.15) is 0 Å². The van der Waals surface area contributed by atoms with Crippen LogP contribution in [0.1, 0.15) is 26.2 Å². The number of unbranched alkanes of at least 4 members (excludes halogenated alkanes) is 2. The summed E-state index contributed by atoms with van der Waals surface area (Å²) in [7, 11) is 0. The zero-order chi connectivity index (χ0) is 4.83. The van der Waals surface area contributed by atoms with E-state index >= 15 is 0 Å². The predicted octanol–water partition coefficient (Wildman–Crippen LogP) is 1.17. The Labute approximate surface area is 74.7 Å². The first-order valence-electron chi connectivity index (χ1n) is 2.52. The number of aliphatic hydroxyl groups excluding tert-OH is 1. The summed E-state index contributed by atoms with van der Waals surface area (Å²) in [6.45, 7) is 2.48. The largest absolute Gasteiger partial charge is 0.396 e. The van der Waals surface area contributed by atoms with Gasteiger partial charge in [0, 0.05) is 43.9 Å². The molecule has 0 aromatic carbocycles. The van der Waals surface area contributed by atoms with Gasteiger partial charge in [-0.25, -0.2) is 0 Å². The van der Waals surface area contributed by atoms with Crippen LogP contribution in [-0.4, -0.2) is 11.7 Å². The smallest absolute Gasteiger partial charge is 0.0431 e. The zero-order valence-electron chi connectivity index (χ0n) is 4.56. The van der Waals surface area contributed by atoms with Crippen molar-refractivity contribution in [2.75, 3.05) is 6.61 Å². The molecule has 0 aromatic rings. The molecule has 1 nitrogen and oxygen atoms in total. The fourth-order valence-corrected chi connectivity index (χ4v) is 0.362. The van der Waals surface area contributed by atoms with Gasteiger partial charge in [-0.1, -0.05) is 19.8 Å². The maximum atomic E-state index is 8.20. The molecule has 0 spiro atoms. The first-order chi connectivity index (χ1) is 2.91. The van der Waals surface area contributed by atoms with Gasteiger partial charge in [0.2, 0.25) is 0 Å². The summed E-state index contributed by atoms with van der Waals surface area (Å²) in [5, 5.41) is 8.20. The van der Waals surface area contributed by atoms with Crippen molar-refractivity contribution in [2.24, 2.45) is 0 Å². The van der Waals surface area contributed by atoms with Crippen molar-refractivity contribution in [1.29, 1.82) is 0 Å². The third-order valence-electron chi connectivity index (χ3n) is 0.762. The molecule has 0 aromatic heterocycles. The maximum Gasteiger partial charge on any atom is 0.0431 e. The molecular formula is C5H12ErO. The predicted molar refractivity (Wildman–Crippen MR) is 26.6 cm³/mol. The summed E-state index contributed by atoms with van der Waals surface area (Å²) in [5.41, 5.74) is 0. The van der Waals surface area contributed by atoms with Crippen LogP contribution >= 0.6 is 0 Å². The monoisotopic (exact) mass is 254 g/mol. The average Bonchev–Trinajstić information content (AvgIpc) is 1.61. The van der Waals surface area contributed by atoms with Crippen LogP contribution < -0.4 is 0 Å². The zero-order valence-corrected chi connectivity index (χ0v) is 6.42. The van der Waals surface area contributed by atoms with Crippen molar-refractivity contribution in [2.45, 2.75) is 26.2 Å². The van der Waals surface area contributed by atoms with Gasteiger partial charge in [0.15, 0.2) is 0 Å². The molecular weight excluding hydrogens is 243 g/mol. The fraction of sp³-hybridized carbons (Fsp3) is 1.00. The summed E-state index contributed by atoms with van der Waals surface area (Å²) in [4.78, 5) is 0. The molecule has 0 rings (SSSR count). The Kier molecular flexibility index (Phi) is 16.2. The maximum absolute atomic E-state index is 8.20. The van der Waals surface area contributed by atoms with Gasteiger partial charge in [0.1, 0.15) is 0 Å². The second-order valence-electron chi connectivity index (χ2n) is 1.43. The van der Waals surface area contributed by atoms with Gasteiger partial charge in [0.05, 0.1) is 0 Å². The van der Waals surface area contributed by atoms with E-state index in [2.05, 4.69) is 6.92 Å². The molecule has 0 saturated carbocycles. The minimum absolute atomic E-state index is 0. The quantitative estimate of drug-likeness (QED) is 0.751. The topological polar surface area (TPSA) is 20.2 Å². The van der Waals surface area contributed by atoms with E-state index in [1.165, 1.54) is 6.42 Å². The van der Waals surface area contributed by atoms with Crippen molar-refractivity contribution in [3.05, 3.63) is 0 Å². The minimum Gasteiger partial charge on any atom is -0.396 e. The van der Waals surface area contributed by atoms with Crippen LogP contribution in [0.25, 0.3) is 0 Å². The molecule has 0 bridgehead atoms. The van der Waals surface area contributed by atoms with E-state index < -0.39 is 0 Å². The van der Waals surface area contributed by atoms with Crippen LogP contribution in [0, 0.1) is 37.3 Å². The molecule has 0 amide bonds. The Morgan fingerprint density at radius 2 is 1.86 bits per heavy atom. The first kappa shape index (κ1) is 11.1. The number of hydrogen-bond donors (Lipinski definition) is 1. The van der Waals surface area contributed by atoms with Crippen LogP contribution in [0.5, 0.6) is 0 Å². The van der Waals surface area contributed by atoms with Crippen LogP contribution in [0.3, 0.4) is 0 Å². The Bertz CT molecular complexity index is 20.0. The van der Waals surface area contributed by atoms with Gasteiger partial charge in [-0.05, 0) is 6.42 Å². The van der Waals surface area contributed by atoms with E-state index in [0.29, 0.717) is 6.61 Å². The van der Waals surface area contributed by atoms with Gasteiger partial charge < -0.3 is 5.11 Å². The summed E-state index contributed by atoms with van der Waals surface area (Å²) >= 11 is 0.